The van der Waals surface area contributed by atoms with Gasteiger partial charge in [-0.3, -0.25) is 0 Å². The van der Waals surface area contributed by atoms with Gasteiger partial charge in [-0.1, -0.05) is 12.6 Å². The van der Waals surface area contributed by atoms with E-state index in [9.17, 15) is 0 Å². The minimum Gasteiger partial charge on any atom is -0.392 e. The first-order chi connectivity index (χ1) is 6.72. The van der Waals surface area contributed by atoms with Crippen LogP contribution in [-0.4, -0.2) is 16.3 Å². The first-order valence-electron chi connectivity index (χ1n) is 4.56. The van der Waals surface area contributed by atoms with Crippen molar-refractivity contribution in [2.24, 2.45) is 7.05 Å². The van der Waals surface area contributed by atoms with Gasteiger partial charge in [-0.15, -0.1) is 0 Å². The van der Waals surface area contributed by atoms with Crippen LogP contribution >= 0.6 is 0 Å². The molecule has 0 unspecified atom stereocenters. The molecule has 1 heterocycles. The normalized spacial score (nSPS) is 10.7. The maximum Gasteiger partial charge on any atom is 0.0681 e. The molecule has 0 aliphatic heterocycles. The molecule has 0 amide bonds. The Hall–Kier alpha value is -1.54. The second-order valence-electron chi connectivity index (χ2n) is 3.46. The number of aromatic nitrogens is 1. The number of hydrogen-bond acceptors (Lipinski definition) is 1. The summed E-state index contributed by atoms with van der Waals surface area (Å²) in [5.74, 6) is 0. The summed E-state index contributed by atoms with van der Waals surface area (Å²) in [4.78, 5) is 0. The van der Waals surface area contributed by atoms with Crippen molar-refractivity contribution in [3.05, 3.63) is 42.6 Å². The Morgan fingerprint density at radius 1 is 1.43 bits per heavy atom. The molecule has 1 aromatic heterocycles. The van der Waals surface area contributed by atoms with Crippen LogP contribution in [-0.2, 0) is 7.05 Å². The van der Waals surface area contributed by atoms with Gasteiger partial charge in [0.15, 0.2) is 0 Å². The third-order valence-electron chi connectivity index (χ3n) is 2.48. The second-order valence-corrected chi connectivity index (χ2v) is 3.46. The monoisotopic (exact) mass is 187 g/mol. The zero-order chi connectivity index (χ0) is 10.1. The molecule has 2 aromatic rings. The van der Waals surface area contributed by atoms with Gasteiger partial charge < -0.3 is 9.67 Å². The van der Waals surface area contributed by atoms with Crippen molar-refractivity contribution in [1.82, 2.24) is 4.57 Å². The predicted octanol–water partition coefficient (Wildman–Crippen LogP) is 2.18. The molecule has 0 spiro atoms. The molecule has 14 heavy (non-hydrogen) atoms. The van der Waals surface area contributed by atoms with Crippen LogP contribution in [0.15, 0.2) is 37.0 Å². The maximum absolute atomic E-state index is 8.96. The van der Waals surface area contributed by atoms with Crippen LogP contribution in [0.25, 0.3) is 16.5 Å². The Kier molecular flexibility index (Phi) is 2.14. The molecule has 0 saturated carbocycles. The van der Waals surface area contributed by atoms with E-state index in [4.69, 9.17) is 5.11 Å². The van der Waals surface area contributed by atoms with E-state index in [0.29, 0.717) is 0 Å². The van der Waals surface area contributed by atoms with Crippen LogP contribution in [0.4, 0.5) is 0 Å². The van der Waals surface area contributed by atoms with Gasteiger partial charge in [0.1, 0.15) is 0 Å². The average molecular weight is 187 g/mol. The quantitative estimate of drug-likeness (QED) is 0.766. The van der Waals surface area contributed by atoms with E-state index in [1.54, 1.807) is 0 Å². The molecule has 0 saturated heterocycles. The summed E-state index contributed by atoms with van der Waals surface area (Å²) in [5.41, 5.74) is 2.96. The van der Waals surface area contributed by atoms with Gasteiger partial charge in [-0.05, 0) is 29.3 Å². The second kappa shape index (κ2) is 3.31. The molecule has 2 rings (SSSR count). The number of benzene rings is 1. The summed E-state index contributed by atoms with van der Waals surface area (Å²) in [6, 6.07) is 8.14. The van der Waals surface area contributed by atoms with Gasteiger partial charge in [0.05, 0.1) is 6.61 Å². The van der Waals surface area contributed by atoms with Crippen molar-refractivity contribution in [2.75, 3.05) is 6.61 Å². The van der Waals surface area contributed by atoms with Crippen LogP contribution in [0, 0.1) is 0 Å². The zero-order valence-electron chi connectivity index (χ0n) is 8.20. The molecule has 72 valence electrons. The Labute approximate surface area is 83.1 Å². The van der Waals surface area contributed by atoms with Crippen LogP contribution in [0.1, 0.15) is 5.56 Å². The first-order valence-corrected chi connectivity index (χ1v) is 4.56. The molecule has 0 bridgehead atoms. The Morgan fingerprint density at radius 2 is 2.21 bits per heavy atom. The van der Waals surface area contributed by atoms with E-state index >= 15 is 0 Å². The molecule has 0 fully saturated rings. The minimum atomic E-state index is 0.0122. The van der Waals surface area contributed by atoms with Crippen LogP contribution in [0.5, 0.6) is 0 Å². The summed E-state index contributed by atoms with van der Waals surface area (Å²) in [5, 5.41) is 10.1. The van der Waals surface area contributed by atoms with Crippen LogP contribution in [0.3, 0.4) is 0 Å². The predicted molar refractivity (Wildman–Crippen MR) is 59.0 cm³/mol. The van der Waals surface area contributed by atoms with Crippen molar-refractivity contribution in [1.29, 1.82) is 0 Å². The van der Waals surface area contributed by atoms with Crippen LogP contribution in [0.2, 0.25) is 0 Å². The lowest BCUT2D eigenvalue weighted by molar-refractivity contribution is 0.350. The van der Waals surface area contributed by atoms with Gasteiger partial charge in [0.2, 0.25) is 0 Å². The molecule has 0 radical (unpaired) electrons. The highest BCUT2D eigenvalue weighted by Gasteiger charge is 2.01. The summed E-state index contributed by atoms with van der Waals surface area (Å²) < 4.78 is 2.07. The van der Waals surface area contributed by atoms with Gasteiger partial charge in [-0.2, -0.15) is 0 Å². The standard InChI is InChI=1S/C12H13NO/c1-9(8-14)10-3-4-12-11(7-10)5-6-13(12)2/h3-7,14H,1,8H2,2H3. The van der Waals surface area contributed by atoms with Crippen molar-refractivity contribution < 1.29 is 5.11 Å². The van der Waals surface area contributed by atoms with E-state index in [-0.39, 0.29) is 6.61 Å². The third kappa shape index (κ3) is 1.34. The number of aryl methyl sites for hydroxylation is 1. The average Bonchev–Trinajstić information content (AvgIpc) is 2.59. The number of hydrogen-bond donors (Lipinski definition) is 1. The van der Waals surface area contributed by atoms with E-state index < -0.39 is 0 Å². The summed E-state index contributed by atoms with van der Waals surface area (Å²) in [6.45, 7) is 3.81. The smallest absolute Gasteiger partial charge is 0.0681 e. The number of fused-ring (bicyclic) bond motifs is 1. The molecule has 0 aliphatic rings. The Bertz CT molecular complexity index is 482. The number of aliphatic hydroxyl groups excluding tert-OH is 1. The van der Waals surface area contributed by atoms with E-state index in [1.165, 1.54) is 10.9 Å². The van der Waals surface area contributed by atoms with Crippen LogP contribution < -0.4 is 0 Å². The molecule has 2 nitrogen and oxygen atoms in total. The number of rotatable bonds is 2. The van der Waals surface area contributed by atoms with Gasteiger partial charge >= 0.3 is 0 Å². The SMILES string of the molecule is C=C(CO)c1ccc2c(ccn2C)c1. The van der Waals surface area contributed by atoms with Gasteiger partial charge in [0, 0.05) is 24.1 Å². The molecule has 0 atom stereocenters. The lowest BCUT2D eigenvalue weighted by atomic mass is 10.1. The molecule has 0 aliphatic carbocycles. The summed E-state index contributed by atoms with van der Waals surface area (Å²) in [7, 11) is 2.02. The van der Waals surface area contributed by atoms with Crippen molar-refractivity contribution in [3.8, 4) is 0 Å². The van der Waals surface area contributed by atoms with Gasteiger partial charge in [0.25, 0.3) is 0 Å². The van der Waals surface area contributed by atoms with E-state index in [2.05, 4.69) is 17.2 Å². The largest absolute Gasteiger partial charge is 0.392 e. The molecule has 1 N–H and O–H groups in total. The summed E-state index contributed by atoms with van der Waals surface area (Å²) >= 11 is 0. The third-order valence-corrected chi connectivity index (χ3v) is 2.48. The molecule has 2 heteroatoms. The van der Waals surface area contributed by atoms with Crippen molar-refractivity contribution in [2.45, 2.75) is 0 Å². The van der Waals surface area contributed by atoms with Gasteiger partial charge in [-0.25, -0.2) is 0 Å². The number of aliphatic hydroxyl groups is 1. The lowest BCUT2D eigenvalue weighted by Crippen LogP contribution is -1.89. The Balaban J connectivity index is 2.57. The fraction of sp³-hybridized carbons (Fsp3) is 0.167. The highest BCUT2D eigenvalue weighted by atomic mass is 16.3. The first kappa shape index (κ1) is 9.03. The fourth-order valence-electron chi connectivity index (χ4n) is 1.59. The minimum absolute atomic E-state index is 0.0122. The van der Waals surface area contributed by atoms with Crippen molar-refractivity contribution >= 4 is 16.5 Å². The zero-order valence-corrected chi connectivity index (χ0v) is 8.20. The summed E-state index contributed by atoms with van der Waals surface area (Å²) in [6.07, 6.45) is 2.02. The van der Waals surface area contributed by atoms with E-state index in [1.807, 2.05) is 31.4 Å². The van der Waals surface area contributed by atoms with E-state index in [0.717, 1.165) is 11.1 Å². The highest BCUT2D eigenvalue weighted by Crippen LogP contribution is 2.20. The maximum atomic E-state index is 8.96. The van der Waals surface area contributed by atoms with Crippen molar-refractivity contribution in [3.63, 3.8) is 0 Å². The molecule has 1 aromatic carbocycles. The lowest BCUT2D eigenvalue weighted by Gasteiger charge is -2.02. The topological polar surface area (TPSA) is 25.2 Å². The fourth-order valence-corrected chi connectivity index (χ4v) is 1.59. The highest BCUT2D eigenvalue weighted by molar-refractivity contribution is 5.84. The molecular weight excluding hydrogens is 174 g/mol. The number of nitrogens with zero attached hydrogens (tertiary/aromatic N) is 1. The Morgan fingerprint density at radius 3 is 2.93 bits per heavy atom. The molecular formula is C12H13NO.